The summed E-state index contributed by atoms with van der Waals surface area (Å²) in [6.07, 6.45) is 4.00. The van der Waals surface area contributed by atoms with Gasteiger partial charge < -0.3 is 0 Å². The van der Waals surface area contributed by atoms with E-state index in [0.717, 1.165) is 40.4 Å². The van der Waals surface area contributed by atoms with Gasteiger partial charge in [-0.05, 0) is 40.8 Å². The number of rotatable bonds is 2. The SMILES string of the molecule is O=C1CCCC2=C1C(c1cccc3ccccc13)n1c(sc(=Cc3ccccc3)c1=O)=N2. The van der Waals surface area contributed by atoms with Crippen LogP contribution in [0.2, 0.25) is 0 Å². The van der Waals surface area contributed by atoms with Crippen molar-refractivity contribution in [2.45, 2.75) is 25.3 Å². The molecule has 3 aromatic carbocycles. The van der Waals surface area contributed by atoms with Crippen LogP contribution in [0.25, 0.3) is 16.8 Å². The molecule has 0 saturated heterocycles. The molecule has 1 atom stereocenters. The molecule has 0 fully saturated rings. The maximum Gasteiger partial charge on any atom is 0.271 e. The summed E-state index contributed by atoms with van der Waals surface area (Å²) in [4.78, 5) is 32.3. The third-order valence-electron chi connectivity index (χ3n) is 6.24. The van der Waals surface area contributed by atoms with Crippen molar-refractivity contribution in [2.75, 3.05) is 0 Å². The Bertz CT molecular complexity index is 1590. The normalized spacial score (nSPS) is 18.4. The van der Waals surface area contributed by atoms with Crippen LogP contribution in [0, 0.1) is 0 Å². The maximum absolute atomic E-state index is 13.7. The van der Waals surface area contributed by atoms with E-state index >= 15 is 0 Å². The van der Waals surface area contributed by atoms with Crippen LogP contribution in [0.3, 0.4) is 0 Å². The Kier molecular flexibility index (Phi) is 4.51. The number of aromatic nitrogens is 1. The minimum atomic E-state index is -0.446. The third kappa shape index (κ3) is 3.00. The quantitative estimate of drug-likeness (QED) is 0.475. The Balaban J connectivity index is 1.67. The van der Waals surface area contributed by atoms with Crippen molar-refractivity contribution in [1.29, 1.82) is 0 Å². The highest BCUT2D eigenvalue weighted by molar-refractivity contribution is 7.07. The van der Waals surface area contributed by atoms with Crippen LogP contribution < -0.4 is 14.9 Å². The molecular formula is C27H20N2O2S. The highest BCUT2D eigenvalue weighted by atomic mass is 32.1. The molecule has 0 N–H and O–H groups in total. The van der Waals surface area contributed by atoms with E-state index in [-0.39, 0.29) is 11.3 Å². The van der Waals surface area contributed by atoms with Gasteiger partial charge in [0.15, 0.2) is 10.6 Å². The smallest absolute Gasteiger partial charge is 0.271 e. The van der Waals surface area contributed by atoms with Crippen LogP contribution in [0.4, 0.5) is 0 Å². The van der Waals surface area contributed by atoms with E-state index in [1.54, 1.807) is 4.57 Å². The van der Waals surface area contributed by atoms with Gasteiger partial charge >= 0.3 is 0 Å². The van der Waals surface area contributed by atoms with Crippen molar-refractivity contribution in [3.8, 4) is 0 Å². The van der Waals surface area contributed by atoms with Gasteiger partial charge in [-0.1, -0.05) is 84.1 Å². The lowest BCUT2D eigenvalue weighted by Crippen LogP contribution is -2.40. The van der Waals surface area contributed by atoms with Crippen molar-refractivity contribution in [3.63, 3.8) is 0 Å². The van der Waals surface area contributed by atoms with Gasteiger partial charge in [-0.25, -0.2) is 4.99 Å². The minimum absolute atomic E-state index is 0.0968. The standard InChI is InChI=1S/C27H20N2O2S/c30-22-15-7-14-21-24(22)25(20-13-6-11-18-10-4-5-12-19(18)20)29-26(31)23(32-27(29)28-21)16-17-8-2-1-3-9-17/h1-6,8-13,16,25H,7,14-15H2. The maximum atomic E-state index is 13.7. The number of fused-ring (bicyclic) bond motifs is 2. The summed E-state index contributed by atoms with van der Waals surface area (Å²) < 4.78 is 2.37. The summed E-state index contributed by atoms with van der Waals surface area (Å²) in [5, 5.41) is 2.16. The topological polar surface area (TPSA) is 51.4 Å². The molecule has 156 valence electrons. The first-order valence-electron chi connectivity index (χ1n) is 10.8. The Morgan fingerprint density at radius 1 is 0.906 bits per heavy atom. The molecule has 4 nitrogen and oxygen atoms in total. The van der Waals surface area contributed by atoms with Gasteiger partial charge in [0.2, 0.25) is 0 Å². The lowest BCUT2D eigenvalue weighted by molar-refractivity contribution is -0.116. The second-order valence-electron chi connectivity index (χ2n) is 8.20. The first-order chi connectivity index (χ1) is 15.7. The number of thiazole rings is 1. The molecule has 4 aromatic rings. The van der Waals surface area contributed by atoms with E-state index in [1.807, 2.05) is 60.7 Å². The molecule has 1 aromatic heterocycles. The number of ketones is 1. The van der Waals surface area contributed by atoms with Gasteiger partial charge in [0.05, 0.1) is 16.3 Å². The Hall–Kier alpha value is -3.57. The second kappa shape index (κ2) is 7.53. The van der Waals surface area contributed by atoms with Gasteiger partial charge in [-0.15, -0.1) is 0 Å². The summed E-state index contributed by atoms with van der Waals surface area (Å²) in [7, 11) is 0. The molecule has 5 heteroatoms. The summed E-state index contributed by atoms with van der Waals surface area (Å²) in [5.74, 6) is 0.102. The Morgan fingerprint density at radius 3 is 2.56 bits per heavy atom. The highest BCUT2D eigenvalue weighted by Crippen LogP contribution is 2.38. The van der Waals surface area contributed by atoms with E-state index in [2.05, 4.69) is 18.2 Å². The zero-order chi connectivity index (χ0) is 21.7. The van der Waals surface area contributed by atoms with Gasteiger partial charge in [-0.2, -0.15) is 0 Å². The fourth-order valence-electron chi connectivity index (χ4n) is 4.79. The van der Waals surface area contributed by atoms with E-state index in [4.69, 9.17) is 4.99 Å². The van der Waals surface area contributed by atoms with Gasteiger partial charge in [0.1, 0.15) is 0 Å². The fraction of sp³-hybridized carbons (Fsp3) is 0.148. The van der Waals surface area contributed by atoms with E-state index in [9.17, 15) is 9.59 Å². The molecule has 1 aliphatic heterocycles. The molecule has 0 saturated carbocycles. The predicted octanol–water partition coefficient (Wildman–Crippen LogP) is 4.12. The van der Waals surface area contributed by atoms with Gasteiger partial charge in [-0.3, -0.25) is 14.2 Å². The molecule has 2 heterocycles. The number of hydrogen-bond acceptors (Lipinski definition) is 4. The number of carbonyl (C=O) groups is 1. The number of benzene rings is 3. The lowest BCUT2D eigenvalue weighted by Gasteiger charge is -2.29. The molecule has 1 aliphatic carbocycles. The highest BCUT2D eigenvalue weighted by Gasteiger charge is 2.35. The molecule has 6 rings (SSSR count). The Morgan fingerprint density at radius 2 is 1.69 bits per heavy atom. The van der Waals surface area contributed by atoms with Crippen LogP contribution in [0.1, 0.15) is 36.4 Å². The first-order valence-corrected chi connectivity index (χ1v) is 11.6. The predicted molar refractivity (Wildman–Crippen MR) is 127 cm³/mol. The molecule has 0 amide bonds. The third-order valence-corrected chi connectivity index (χ3v) is 7.23. The average Bonchev–Trinajstić information content (AvgIpc) is 3.13. The molecule has 0 bridgehead atoms. The van der Waals surface area contributed by atoms with Crippen LogP contribution in [0.5, 0.6) is 0 Å². The van der Waals surface area contributed by atoms with E-state index in [1.165, 1.54) is 11.3 Å². The largest absolute Gasteiger partial charge is 0.294 e. The lowest BCUT2D eigenvalue weighted by atomic mass is 9.84. The van der Waals surface area contributed by atoms with Crippen molar-refractivity contribution in [2.24, 2.45) is 4.99 Å². The van der Waals surface area contributed by atoms with Gasteiger partial charge in [0, 0.05) is 12.0 Å². The number of Topliss-reactive ketones (excluding diaryl/α,β-unsaturated/α-hetero) is 1. The molecule has 0 radical (unpaired) electrons. The van der Waals surface area contributed by atoms with Crippen molar-refractivity contribution < 1.29 is 4.79 Å². The zero-order valence-corrected chi connectivity index (χ0v) is 18.1. The summed E-state index contributed by atoms with van der Waals surface area (Å²) >= 11 is 1.40. The number of nitrogens with zero attached hydrogens (tertiary/aromatic N) is 2. The monoisotopic (exact) mass is 436 g/mol. The number of carbonyl (C=O) groups excluding carboxylic acids is 1. The zero-order valence-electron chi connectivity index (χ0n) is 17.3. The molecule has 2 aliphatic rings. The fourth-order valence-corrected chi connectivity index (χ4v) is 5.81. The van der Waals surface area contributed by atoms with E-state index < -0.39 is 6.04 Å². The number of allylic oxidation sites excluding steroid dienone is 2. The van der Waals surface area contributed by atoms with Crippen LogP contribution >= 0.6 is 11.3 Å². The Labute approximate surface area is 188 Å². The van der Waals surface area contributed by atoms with Gasteiger partial charge in [0.25, 0.3) is 5.56 Å². The van der Waals surface area contributed by atoms with Crippen molar-refractivity contribution >= 4 is 34.0 Å². The average molecular weight is 437 g/mol. The molecule has 0 spiro atoms. The van der Waals surface area contributed by atoms with E-state index in [0.29, 0.717) is 21.3 Å². The molecule has 32 heavy (non-hydrogen) atoms. The summed E-state index contributed by atoms with van der Waals surface area (Å²) in [6, 6.07) is 23.6. The van der Waals surface area contributed by atoms with Crippen molar-refractivity contribution in [1.82, 2.24) is 4.57 Å². The van der Waals surface area contributed by atoms with Crippen molar-refractivity contribution in [3.05, 3.63) is 115 Å². The summed E-state index contributed by atoms with van der Waals surface area (Å²) in [5.41, 5.74) is 3.38. The minimum Gasteiger partial charge on any atom is -0.294 e. The summed E-state index contributed by atoms with van der Waals surface area (Å²) in [6.45, 7) is 0. The molecular weight excluding hydrogens is 416 g/mol. The van der Waals surface area contributed by atoms with Crippen LogP contribution in [0.15, 0.2) is 93.9 Å². The van der Waals surface area contributed by atoms with Crippen LogP contribution in [-0.4, -0.2) is 10.4 Å². The van der Waals surface area contributed by atoms with Crippen LogP contribution in [-0.2, 0) is 4.79 Å². The first kappa shape index (κ1) is 19.1. The second-order valence-corrected chi connectivity index (χ2v) is 9.21. The number of hydrogen-bond donors (Lipinski definition) is 0. The molecule has 1 unspecified atom stereocenters.